The Morgan fingerprint density at radius 2 is 2.16 bits per heavy atom. The molecule has 0 unspecified atom stereocenters. The van der Waals surface area contributed by atoms with Crippen LogP contribution < -0.4 is 15.6 Å². The average Bonchev–Trinajstić information content (AvgIpc) is 3.42. The molecule has 9 heteroatoms. The van der Waals surface area contributed by atoms with Crippen molar-refractivity contribution in [1.82, 2.24) is 9.78 Å². The van der Waals surface area contributed by atoms with Crippen molar-refractivity contribution in [2.24, 2.45) is 0 Å². The molecule has 9 nitrogen and oxygen atoms in total. The van der Waals surface area contributed by atoms with Gasteiger partial charge >= 0.3 is 0 Å². The zero-order chi connectivity index (χ0) is 18.0. The number of benzene rings is 1. The first kappa shape index (κ1) is 16.6. The molecule has 1 amide bonds. The molecule has 0 atom stereocenters. The first-order valence-corrected chi connectivity index (χ1v) is 7.68. The molecule has 0 bridgehead atoms. The van der Waals surface area contributed by atoms with Crippen molar-refractivity contribution >= 4 is 17.3 Å². The highest BCUT2D eigenvalue weighted by Crippen LogP contribution is 2.38. The predicted molar refractivity (Wildman–Crippen MR) is 88.8 cm³/mol. The Morgan fingerprint density at radius 1 is 1.40 bits per heavy atom. The van der Waals surface area contributed by atoms with Crippen molar-refractivity contribution in [1.29, 1.82) is 0 Å². The number of amides is 1. The molecule has 1 N–H and O–H groups in total. The summed E-state index contributed by atoms with van der Waals surface area (Å²) in [5, 5.41) is 17.6. The van der Waals surface area contributed by atoms with Crippen LogP contribution in [0.4, 0.5) is 11.4 Å². The normalized spacial score (nSPS) is 13.3. The van der Waals surface area contributed by atoms with Crippen molar-refractivity contribution in [3.63, 3.8) is 0 Å². The minimum atomic E-state index is -0.555. The number of anilines is 1. The number of non-ortho nitro benzene ring substituents is 1. The van der Waals surface area contributed by atoms with E-state index in [-0.39, 0.29) is 29.2 Å². The first-order chi connectivity index (χ1) is 12.0. The van der Waals surface area contributed by atoms with Gasteiger partial charge in [-0.25, -0.2) is 4.68 Å². The molecule has 1 fully saturated rings. The Hall–Kier alpha value is -3.23. The van der Waals surface area contributed by atoms with Gasteiger partial charge in [-0.2, -0.15) is 5.10 Å². The molecule has 0 aliphatic heterocycles. The molecule has 25 heavy (non-hydrogen) atoms. The Kier molecular flexibility index (Phi) is 4.46. The van der Waals surface area contributed by atoms with E-state index in [1.807, 2.05) is 0 Å². The molecule has 2 aromatic rings. The number of nitro groups is 1. The van der Waals surface area contributed by atoms with Gasteiger partial charge in [0.15, 0.2) is 0 Å². The summed E-state index contributed by atoms with van der Waals surface area (Å²) < 4.78 is 6.18. The predicted octanol–water partition coefficient (Wildman–Crippen LogP) is 1.68. The van der Waals surface area contributed by atoms with E-state index in [1.54, 1.807) is 6.07 Å². The molecule has 1 saturated carbocycles. The number of aromatic nitrogens is 2. The maximum atomic E-state index is 12.2. The fourth-order valence-electron chi connectivity index (χ4n) is 2.40. The summed E-state index contributed by atoms with van der Waals surface area (Å²) in [6.07, 6.45) is 2.08. The van der Waals surface area contributed by atoms with Crippen LogP contribution in [0.3, 0.4) is 0 Å². The lowest BCUT2D eigenvalue weighted by atomic mass is 10.2. The van der Waals surface area contributed by atoms with E-state index in [2.05, 4.69) is 10.4 Å². The zero-order valence-corrected chi connectivity index (χ0v) is 13.5. The van der Waals surface area contributed by atoms with Crippen LogP contribution in [0, 0.1) is 10.1 Å². The standard InChI is InChI=1S/C16H16N4O5/c1-25-14-8-11(20(23)24)4-5-13(14)17-15(21)9-19-16(22)7-6-12(18-19)10-2-3-10/h4-8,10H,2-3,9H2,1H3,(H,17,21). The third-order valence-electron chi connectivity index (χ3n) is 3.85. The van der Waals surface area contributed by atoms with Crippen molar-refractivity contribution in [2.45, 2.75) is 25.3 Å². The summed E-state index contributed by atoms with van der Waals surface area (Å²) in [4.78, 5) is 34.3. The average molecular weight is 344 g/mol. The minimum absolute atomic E-state index is 0.148. The van der Waals surface area contributed by atoms with Crippen LogP contribution in [-0.4, -0.2) is 27.7 Å². The lowest BCUT2D eigenvalue weighted by Gasteiger charge is -2.11. The fraction of sp³-hybridized carbons (Fsp3) is 0.312. The van der Waals surface area contributed by atoms with Gasteiger partial charge in [-0.15, -0.1) is 0 Å². The van der Waals surface area contributed by atoms with E-state index in [9.17, 15) is 19.7 Å². The first-order valence-electron chi connectivity index (χ1n) is 7.68. The van der Waals surface area contributed by atoms with Gasteiger partial charge in [0.05, 0.1) is 29.5 Å². The van der Waals surface area contributed by atoms with E-state index in [0.29, 0.717) is 5.92 Å². The summed E-state index contributed by atoms with van der Waals surface area (Å²) >= 11 is 0. The lowest BCUT2D eigenvalue weighted by molar-refractivity contribution is -0.384. The van der Waals surface area contributed by atoms with E-state index in [1.165, 1.54) is 31.4 Å². The molecule has 0 saturated heterocycles. The molecule has 0 radical (unpaired) electrons. The number of carbonyl (C=O) groups excluding carboxylic acids is 1. The van der Waals surface area contributed by atoms with Gasteiger partial charge in [0.2, 0.25) is 5.91 Å². The van der Waals surface area contributed by atoms with E-state index in [0.717, 1.165) is 23.2 Å². The number of nitrogens with zero attached hydrogens (tertiary/aromatic N) is 3. The van der Waals surface area contributed by atoms with Crippen LogP contribution in [0.1, 0.15) is 24.5 Å². The van der Waals surface area contributed by atoms with Crippen LogP contribution in [0.2, 0.25) is 0 Å². The topological polar surface area (TPSA) is 116 Å². The molecule has 1 heterocycles. The highest BCUT2D eigenvalue weighted by molar-refractivity contribution is 5.92. The number of ether oxygens (including phenoxy) is 1. The fourth-order valence-corrected chi connectivity index (χ4v) is 2.40. The lowest BCUT2D eigenvalue weighted by Crippen LogP contribution is -2.29. The van der Waals surface area contributed by atoms with Crippen LogP contribution >= 0.6 is 0 Å². The molecule has 1 aliphatic rings. The van der Waals surface area contributed by atoms with Crippen LogP contribution in [0.25, 0.3) is 0 Å². The molecular formula is C16H16N4O5. The largest absolute Gasteiger partial charge is 0.494 e. The molecule has 1 aromatic heterocycles. The molecule has 3 rings (SSSR count). The van der Waals surface area contributed by atoms with Gasteiger partial charge in [0.25, 0.3) is 11.2 Å². The third-order valence-corrected chi connectivity index (χ3v) is 3.85. The van der Waals surface area contributed by atoms with Crippen LogP contribution in [0.5, 0.6) is 5.75 Å². The van der Waals surface area contributed by atoms with Gasteiger partial charge in [-0.05, 0) is 25.0 Å². The SMILES string of the molecule is COc1cc([N+](=O)[O-])ccc1NC(=O)Cn1nc(C2CC2)ccc1=O. The van der Waals surface area contributed by atoms with Crippen molar-refractivity contribution in [3.05, 3.63) is 56.5 Å². The molecular weight excluding hydrogens is 328 g/mol. The summed E-state index contributed by atoms with van der Waals surface area (Å²) in [5.74, 6) is 0.0500. The van der Waals surface area contributed by atoms with Crippen molar-refractivity contribution in [3.8, 4) is 5.75 Å². The second kappa shape index (κ2) is 6.71. The quantitative estimate of drug-likeness (QED) is 0.629. The highest BCUT2D eigenvalue weighted by Gasteiger charge is 2.25. The number of methoxy groups -OCH3 is 1. The van der Waals surface area contributed by atoms with E-state index in [4.69, 9.17) is 4.74 Å². The summed E-state index contributed by atoms with van der Waals surface area (Å²) in [5.41, 5.74) is 0.574. The number of hydrogen-bond donors (Lipinski definition) is 1. The number of carbonyl (C=O) groups is 1. The van der Waals surface area contributed by atoms with E-state index >= 15 is 0 Å². The number of nitro benzene ring substituents is 1. The van der Waals surface area contributed by atoms with Gasteiger partial charge in [-0.3, -0.25) is 19.7 Å². The zero-order valence-electron chi connectivity index (χ0n) is 13.5. The van der Waals surface area contributed by atoms with Crippen molar-refractivity contribution < 1.29 is 14.5 Å². The third kappa shape index (κ3) is 3.82. The Labute approximate surface area is 142 Å². The monoisotopic (exact) mass is 344 g/mol. The number of nitrogens with one attached hydrogen (secondary N) is 1. The highest BCUT2D eigenvalue weighted by atomic mass is 16.6. The maximum absolute atomic E-state index is 12.2. The van der Waals surface area contributed by atoms with Crippen LogP contribution in [0.15, 0.2) is 35.1 Å². The Balaban J connectivity index is 1.75. The minimum Gasteiger partial charge on any atom is -0.494 e. The number of hydrogen-bond acceptors (Lipinski definition) is 6. The maximum Gasteiger partial charge on any atom is 0.273 e. The van der Waals surface area contributed by atoms with E-state index < -0.39 is 10.8 Å². The van der Waals surface area contributed by atoms with Gasteiger partial charge < -0.3 is 10.1 Å². The molecule has 0 spiro atoms. The molecule has 130 valence electrons. The smallest absolute Gasteiger partial charge is 0.273 e. The molecule has 1 aromatic carbocycles. The summed E-state index contributed by atoms with van der Waals surface area (Å²) in [7, 11) is 1.35. The van der Waals surface area contributed by atoms with Crippen LogP contribution in [-0.2, 0) is 11.3 Å². The van der Waals surface area contributed by atoms with Gasteiger partial charge in [0.1, 0.15) is 12.3 Å². The van der Waals surface area contributed by atoms with Crippen molar-refractivity contribution in [2.75, 3.05) is 12.4 Å². The van der Waals surface area contributed by atoms with Gasteiger partial charge in [0, 0.05) is 18.1 Å². The summed E-state index contributed by atoms with van der Waals surface area (Å²) in [6.45, 7) is -0.250. The second-order valence-electron chi connectivity index (χ2n) is 5.72. The number of rotatable bonds is 6. The van der Waals surface area contributed by atoms with Gasteiger partial charge in [-0.1, -0.05) is 0 Å². The summed E-state index contributed by atoms with van der Waals surface area (Å²) in [6, 6.07) is 6.95. The Morgan fingerprint density at radius 3 is 2.80 bits per heavy atom. The second-order valence-corrected chi connectivity index (χ2v) is 5.72. The molecule has 1 aliphatic carbocycles. The Bertz CT molecular complexity index is 888.